The van der Waals surface area contributed by atoms with Crippen molar-refractivity contribution in [2.75, 3.05) is 12.4 Å². The first-order chi connectivity index (χ1) is 16.8. The molecule has 0 aliphatic carbocycles. The SMILES string of the molecule is CNS(=O)(=O)c1ccc2nc(NC(=O)C(c3ccccc3)N3C(=O)c4ccccc4C3=O)sc2c1. The molecule has 1 atom stereocenters. The van der Waals surface area contributed by atoms with Gasteiger partial charge in [-0.05, 0) is 42.9 Å². The highest BCUT2D eigenvalue weighted by Crippen LogP contribution is 2.34. The van der Waals surface area contributed by atoms with Crippen LogP contribution in [0.4, 0.5) is 5.13 Å². The summed E-state index contributed by atoms with van der Waals surface area (Å²) in [5.74, 6) is -1.73. The van der Waals surface area contributed by atoms with E-state index in [1.807, 2.05) is 0 Å². The molecule has 0 saturated carbocycles. The molecule has 0 fully saturated rings. The molecule has 176 valence electrons. The van der Waals surface area contributed by atoms with Crippen LogP contribution in [0.2, 0.25) is 0 Å². The summed E-state index contributed by atoms with van der Waals surface area (Å²) in [6.07, 6.45) is 0. The van der Waals surface area contributed by atoms with E-state index in [0.29, 0.717) is 15.8 Å². The normalized spacial score (nSPS) is 14.3. The van der Waals surface area contributed by atoms with E-state index in [0.717, 1.165) is 16.2 Å². The zero-order chi connectivity index (χ0) is 24.7. The van der Waals surface area contributed by atoms with Crippen molar-refractivity contribution in [2.45, 2.75) is 10.9 Å². The Kier molecular flexibility index (Phi) is 5.67. The van der Waals surface area contributed by atoms with Gasteiger partial charge in [-0.1, -0.05) is 53.8 Å². The first kappa shape index (κ1) is 22.8. The van der Waals surface area contributed by atoms with Gasteiger partial charge in [0.2, 0.25) is 10.0 Å². The Balaban J connectivity index is 1.50. The van der Waals surface area contributed by atoms with Crippen LogP contribution in [-0.4, -0.2) is 43.1 Å². The number of carbonyl (C=O) groups is 3. The van der Waals surface area contributed by atoms with Gasteiger partial charge in [0.25, 0.3) is 17.7 Å². The summed E-state index contributed by atoms with van der Waals surface area (Å²) in [4.78, 5) is 45.1. The van der Waals surface area contributed by atoms with Crippen LogP contribution in [0.5, 0.6) is 0 Å². The topological polar surface area (TPSA) is 126 Å². The largest absolute Gasteiger partial charge is 0.300 e. The predicted molar refractivity (Wildman–Crippen MR) is 131 cm³/mol. The van der Waals surface area contributed by atoms with Crippen LogP contribution < -0.4 is 10.0 Å². The molecule has 1 aromatic heterocycles. The lowest BCUT2D eigenvalue weighted by molar-refractivity contribution is -0.120. The van der Waals surface area contributed by atoms with Gasteiger partial charge in [-0.15, -0.1) is 0 Å². The number of nitrogens with zero attached hydrogens (tertiary/aromatic N) is 2. The molecule has 1 unspecified atom stereocenters. The van der Waals surface area contributed by atoms with Crippen molar-refractivity contribution in [1.82, 2.24) is 14.6 Å². The van der Waals surface area contributed by atoms with Crippen LogP contribution in [0.25, 0.3) is 10.2 Å². The number of hydrogen-bond donors (Lipinski definition) is 2. The molecule has 2 heterocycles. The number of fused-ring (bicyclic) bond motifs is 2. The summed E-state index contributed by atoms with van der Waals surface area (Å²) in [7, 11) is -2.32. The Labute approximate surface area is 204 Å². The number of nitrogens with one attached hydrogen (secondary N) is 2. The second-order valence-electron chi connectivity index (χ2n) is 7.68. The van der Waals surface area contributed by atoms with Crippen LogP contribution in [0.3, 0.4) is 0 Å². The lowest BCUT2D eigenvalue weighted by Gasteiger charge is -2.25. The summed E-state index contributed by atoms with van der Waals surface area (Å²) in [6.45, 7) is 0. The van der Waals surface area contributed by atoms with Gasteiger partial charge in [0.05, 0.1) is 26.2 Å². The van der Waals surface area contributed by atoms with Crippen LogP contribution in [0, 0.1) is 0 Å². The molecular formula is C24H18N4O5S2. The number of sulfonamides is 1. The smallest absolute Gasteiger partial charge is 0.262 e. The first-order valence-corrected chi connectivity index (χ1v) is 12.8. The van der Waals surface area contributed by atoms with Crippen molar-refractivity contribution in [2.24, 2.45) is 0 Å². The summed E-state index contributed by atoms with van der Waals surface area (Å²) in [5, 5.41) is 2.91. The van der Waals surface area contributed by atoms with Crippen molar-refractivity contribution in [3.63, 3.8) is 0 Å². The predicted octanol–water partition coefficient (Wildman–Crippen LogP) is 3.18. The highest BCUT2D eigenvalue weighted by Gasteiger charge is 2.43. The number of anilines is 1. The highest BCUT2D eigenvalue weighted by atomic mass is 32.2. The zero-order valence-electron chi connectivity index (χ0n) is 18.3. The van der Waals surface area contributed by atoms with E-state index in [4.69, 9.17) is 0 Å². The van der Waals surface area contributed by atoms with Gasteiger partial charge in [0.15, 0.2) is 5.13 Å². The van der Waals surface area contributed by atoms with Gasteiger partial charge in [0, 0.05) is 0 Å². The third-order valence-electron chi connectivity index (χ3n) is 5.62. The number of hydrogen-bond acceptors (Lipinski definition) is 7. The highest BCUT2D eigenvalue weighted by molar-refractivity contribution is 7.89. The minimum Gasteiger partial charge on any atom is -0.300 e. The fourth-order valence-corrected chi connectivity index (χ4v) is 5.65. The summed E-state index contributed by atoms with van der Waals surface area (Å²) >= 11 is 1.09. The van der Waals surface area contributed by atoms with E-state index in [1.54, 1.807) is 60.7 Å². The van der Waals surface area contributed by atoms with E-state index in [2.05, 4.69) is 15.0 Å². The maximum atomic E-state index is 13.5. The Bertz CT molecular complexity index is 1560. The minimum atomic E-state index is -3.64. The second-order valence-corrected chi connectivity index (χ2v) is 10.6. The van der Waals surface area contributed by atoms with Crippen molar-refractivity contribution < 1.29 is 22.8 Å². The van der Waals surface area contributed by atoms with E-state index in [-0.39, 0.29) is 21.2 Å². The lowest BCUT2D eigenvalue weighted by Crippen LogP contribution is -2.40. The number of imide groups is 1. The number of benzene rings is 3. The van der Waals surface area contributed by atoms with E-state index in [9.17, 15) is 22.8 Å². The molecule has 1 aliphatic rings. The Morgan fingerprint density at radius 1 is 0.943 bits per heavy atom. The lowest BCUT2D eigenvalue weighted by atomic mass is 10.0. The molecule has 3 amide bonds. The molecule has 5 rings (SSSR count). The standard InChI is InChI=1S/C24H18N4O5S2/c1-25-35(32,33)15-11-12-18-19(13-15)34-24(26-18)27-21(29)20(14-7-3-2-4-8-14)28-22(30)16-9-5-6-10-17(16)23(28)31/h2-13,20,25H,1H3,(H,26,27,29). The number of aromatic nitrogens is 1. The first-order valence-electron chi connectivity index (χ1n) is 10.5. The van der Waals surface area contributed by atoms with Crippen LogP contribution in [-0.2, 0) is 14.8 Å². The Hall–Kier alpha value is -3.93. The second kappa shape index (κ2) is 8.69. The maximum absolute atomic E-state index is 13.5. The molecule has 9 nitrogen and oxygen atoms in total. The molecule has 1 aliphatic heterocycles. The average Bonchev–Trinajstić information content (AvgIpc) is 3.38. The molecule has 11 heteroatoms. The van der Waals surface area contributed by atoms with Gasteiger partial charge >= 0.3 is 0 Å². The van der Waals surface area contributed by atoms with Crippen molar-refractivity contribution in [3.8, 4) is 0 Å². The van der Waals surface area contributed by atoms with Gasteiger partial charge in [-0.3, -0.25) is 24.6 Å². The molecule has 0 radical (unpaired) electrons. The minimum absolute atomic E-state index is 0.0715. The van der Waals surface area contributed by atoms with Crippen molar-refractivity contribution in [1.29, 1.82) is 0 Å². The molecule has 0 saturated heterocycles. The van der Waals surface area contributed by atoms with Gasteiger partial charge < -0.3 is 0 Å². The van der Waals surface area contributed by atoms with Crippen LogP contribution in [0.15, 0.2) is 77.7 Å². The Morgan fingerprint density at radius 3 is 2.20 bits per heavy atom. The average molecular weight is 507 g/mol. The van der Waals surface area contributed by atoms with Crippen molar-refractivity contribution in [3.05, 3.63) is 89.5 Å². The third kappa shape index (κ3) is 3.99. The monoisotopic (exact) mass is 506 g/mol. The van der Waals surface area contributed by atoms with Crippen molar-refractivity contribution >= 4 is 54.4 Å². The van der Waals surface area contributed by atoms with E-state index < -0.39 is 33.8 Å². The molecule has 35 heavy (non-hydrogen) atoms. The van der Waals surface area contributed by atoms with E-state index >= 15 is 0 Å². The molecule has 3 aromatic carbocycles. The maximum Gasteiger partial charge on any atom is 0.262 e. The molecule has 0 spiro atoms. The fraction of sp³-hybridized carbons (Fsp3) is 0.0833. The Morgan fingerprint density at radius 2 is 1.57 bits per heavy atom. The third-order valence-corrected chi connectivity index (χ3v) is 7.96. The summed E-state index contributed by atoms with van der Waals surface area (Å²) in [5.41, 5.74) is 1.44. The fourth-order valence-electron chi connectivity index (χ4n) is 3.91. The molecular weight excluding hydrogens is 488 g/mol. The number of rotatable bonds is 6. The molecule has 0 bridgehead atoms. The molecule has 2 N–H and O–H groups in total. The summed E-state index contributed by atoms with van der Waals surface area (Å²) < 4.78 is 27.0. The van der Waals surface area contributed by atoms with Gasteiger partial charge in [-0.25, -0.2) is 18.1 Å². The van der Waals surface area contributed by atoms with Crippen LogP contribution in [0.1, 0.15) is 32.3 Å². The van der Waals surface area contributed by atoms with E-state index in [1.165, 1.54) is 19.2 Å². The number of thiazole rings is 1. The van der Waals surface area contributed by atoms with Gasteiger partial charge in [0.1, 0.15) is 6.04 Å². The number of amides is 3. The number of carbonyl (C=O) groups excluding carboxylic acids is 3. The summed E-state index contributed by atoms with van der Waals surface area (Å²) in [6, 6.07) is 18.2. The van der Waals surface area contributed by atoms with Gasteiger partial charge in [-0.2, -0.15) is 0 Å². The quantitative estimate of drug-likeness (QED) is 0.387. The molecule has 4 aromatic rings. The van der Waals surface area contributed by atoms with Crippen LogP contribution >= 0.6 is 11.3 Å². The zero-order valence-corrected chi connectivity index (χ0v) is 19.9.